The van der Waals surface area contributed by atoms with Gasteiger partial charge < -0.3 is 9.64 Å². The van der Waals surface area contributed by atoms with Gasteiger partial charge in [0.25, 0.3) is 0 Å². The van der Waals surface area contributed by atoms with Gasteiger partial charge in [-0.3, -0.25) is 14.5 Å². The largest absolute Gasteiger partial charge is 0.381 e. The minimum atomic E-state index is 0.111. The fraction of sp³-hybridized carbons (Fsp3) is 0.400. The number of nitrogens with zero attached hydrogens (tertiary/aromatic N) is 4. The van der Waals surface area contributed by atoms with Gasteiger partial charge in [0, 0.05) is 79.8 Å². The third kappa shape index (κ3) is 3.45. The first-order valence-corrected chi connectivity index (χ1v) is 11.0. The maximum atomic E-state index is 12.2. The van der Waals surface area contributed by atoms with E-state index in [2.05, 4.69) is 35.3 Å². The molecule has 0 spiro atoms. The number of pyridine rings is 1. The minimum absolute atomic E-state index is 0.111. The highest BCUT2D eigenvalue weighted by molar-refractivity contribution is 6.00. The van der Waals surface area contributed by atoms with Crippen LogP contribution < -0.4 is 0 Å². The number of amides is 1. The third-order valence-corrected chi connectivity index (χ3v) is 6.60. The molecule has 2 aliphatic rings. The van der Waals surface area contributed by atoms with Crippen LogP contribution in [0.1, 0.15) is 48.2 Å². The van der Waals surface area contributed by atoms with Crippen molar-refractivity contribution in [2.45, 2.75) is 45.7 Å². The number of hydrogen-bond donors (Lipinski definition) is 0. The van der Waals surface area contributed by atoms with Gasteiger partial charge in [-0.1, -0.05) is 18.7 Å². The topological polar surface area (TPSA) is 60.2 Å². The van der Waals surface area contributed by atoms with Gasteiger partial charge in [-0.05, 0) is 36.8 Å². The number of aryl methyl sites for hydroxylation is 1. The Hall–Kier alpha value is -2.99. The van der Waals surface area contributed by atoms with Gasteiger partial charge in [0.15, 0.2) is 0 Å². The Morgan fingerprint density at radius 1 is 1.23 bits per heavy atom. The molecule has 4 heterocycles. The molecule has 31 heavy (non-hydrogen) atoms. The molecule has 160 valence electrons. The molecule has 1 aromatic carbocycles. The van der Waals surface area contributed by atoms with Crippen molar-refractivity contribution in [2.24, 2.45) is 0 Å². The van der Waals surface area contributed by atoms with Crippen LogP contribution >= 0.6 is 0 Å². The fourth-order valence-electron chi connectivity index (χ4n) is 4.96. The highest BCUT2D eigenvalue weighted by Gasteiger charge is 2.30. The third-order valence-electron chi connectivity index (χ3n) is 6.60. The van der Waals surface area contributed by atoms with Gasteiger partial charge in [0.05, 0.1) is 11.7 Å². The Kier molecular flexibility index (Phi) is 5.10. The van der Waals surface area contributed by atoms with Crippen LogP contribution in [-0.4, -0.2) is 45.3 Å². The Balaban J connectivity index is 1.73. The monoisotopic (exact) mass is 416 g/mol. The normalized spacial score (nSPS) is 17.0. The molecule has 2 aliphatic heterocycles. The number of benzene rings is 1. The fourth-order valence-corrected chi connectivity index (χ4v) is 4.96. The molecule has 6 nitrogen and oxygen atoms in total. The molecule has 0 bridgehead atoms. The quantitative estimate of drug-likeness (QED) is 0.639. The summed E-state index contributed by atoms with van der Waals surface area (Å²) >= 11 is 0. The van der Waals surface area contributed by atoms with Crippen molar-refractivity contribution in [2.75, 3.05) is 19.8 Å². The first-order chi connectivity index (χ1) is 15.1. The molecule has 1 saturated heterocycles. The van der Waals surface area contributed by atoms with Gasteiger partial charge >= 0.3 is 0 Å². The lowest BCUT2D eigenvalue weighted by molar-refractivity contribution is -0.129. The first-order valence-electron chi connectivity index (χ1n) is 11.0. The highest BCUT2D eigenvalue weighted by Crippen LogP contribution is 2.38. The number of rotatable bonds is 3. The maximum absolute atomic E-state index is 12.2. The molecular formula is C25H28N4O2. The zero-order chi connectivity index (χ0) is 21.5. The van der Waals surface area contributed by atoms with E-state index in [1.54, 1.807) is 6.92 Å². The average Bonchev–Trinajstić information content (AvgIpc) is 3.17. The molecule has 5 rings (SSSR count). The summed E-state index contributed by atoms with van der Waals surface area (Å²) in [4.78, 5) is 18.6. The van der Waals surface area contributed by atoms with E-state index >= 15 is 0 Å². The molecule has 0 unspecified atom stereocenters. The van der Waals surface area contributed by atoms with Crippen LogP contribution in [0.4, 0.5) is 0 Å². The second-order valence-electron chi connectivity index (χ2n) is 8.59. The lowest BCUT2D eigenvalue weighted by Crippen LogP contribution is -2.35. The lowest BCUT2D eigenvalue weighted by atomic mass is 9.94. The van der Waals surface area contributed by atoms with Crippen LogP contribution in [0.25, 0.3) is 28.1 Å². The van der Waals surface area contributed by atoms with E-state index in [4.69, 9.17) is 9.84 Å². The number of aromatic nitrogens is 3. The van der Waals surface area contributed by atoms with Crippen molar-refractivity contribution in [1.82, 2.24) is 19.7 Å². The first kappa shape index (κ1) is 19.9. The van der Waals surface area contributed by atoms with E-state index in [1.165, 1.54) is 16.8 Å². The van der Waals surface area contributed by atoms with Crippen molar-refractivity contribution < 1.29 is 9.53 Å². The second-order valence-corrected chi connectivity index (χ2v) is 8.59. The van der Waals surface area contributed by atoms with E-state index in [-0.39, 0.29) is 5.91 Å². The van der Waals surface area contributed by atoms with E-state index < -0.39 is 0 Å². The molecule has 0 saturated carbocycles. The maximum Gasteiger partial charge on any atom is 0.219 e. The highest BCUT2D eigenvalue weighted by atomic mass is 16.5. The summed E-state index contributed by atoms with van der Waals surface area (Å²) in [5.74, 6) is 0.111. The van der Waals surface area contributed by atoms with Crippen molar-refractivity contribution >= 4 is 22.8 Å². The minimum Gasteiger partial charge on any atom is -0.381 e. The van der Waals surface area contributed by atoms with E-state index in [1.807, 2.05) is 23.4 Å². The van der Waals surface area contributed by atoms with E-state index in [0.717, 1.165) is 66.6 Å². The van der Waals surface area contributed by atoms with Crippen LogP contribution in [0.5, 0.6) is 0 Å². The van der Waals surface area contributed by atoms with E-state index in [0.29, 0.717) is 12.6 Å². The summed E-state index contributed by atoms with van der Waals surface area (Å²) in [6.07, 6.45) is 8.40. The predicted octanol–water partition coefficient (Wildman–Crippen LogP) is 4.31. The van der Waals surface area contributed by atoms with Crippen LogP contribution in [0, 0.1) is 6.92 Å². The summed E-state index contributed by atoms with van der Waals surface area (Å²) in [5, 5.41) is 7.40. The van der Waals surface area contributed by atoms with Crippen LogP contribution in [0.2, 0.25) is 0 Å². The second kappa shape index (κ2) is 7.93. The Morgan fingerprint density at radius 2 is 2.03 bits per heavy atom. The Labute approximate surface area is 182 Å². The van der Waals surface area contributed by atoms with Crippen molar-refractivity contribution in [3.8, 4) is 11.3 Å². The standard InChI is InChI=1S/C25H28N4O2/c1-4-18-13-26-14-22-20(18)11-16(2)12-21(22)25-23-15-28(17(3)30)8-5-24(23)29(27-25)19-6-9-31-10-7-19/h4,11-14,19H,1,5-10,15H2,2-3H3. The number of carbonyl (C=O) groups excluding carboxylic acids is 1. The molecule has 1 amide bonds. The molecule has 6 heteroatoms. The summed E-state index contributed by atoms with van der Waals surface area (Å²) < 4.78 is 7.83. The number of carbonyl (C=O) groups is 1. The number of fused-ring (bicyclic) bond motifs is 2. The molecule has 3 aromatic rings. The SMILES string of the molecule is C=Cc1cncc2c(-c3nn(C4CCOCC4)c4c3CN(C(C)=O)CC4)cc(C)cc12. The van der Waals surface area contributed by atoms with E-state index in [9.17, 15) is 4.79 Å². The zero-order valence-corrected chi connectivity index (χ0v) is 18.2. The van der Waals surface area contributed by atoms with Crippen LogP contribution in [0.15, 0.2) is 31.1 Å². The van der Waals surface area contributed by atoms with Crippen molar-refractivity contribution in [3.63, 3.8) is 0 Å². The summed E-state index contributed by atoms with van der Waals surface area (Å²) in [6, 6.07) is 4.72. The van der Waals surface area contributed by atoms with Crippen molar-refractivity contribution in [1.29, 1.82) is 0 Å². The Morgan fingerprint density at radius 3 is 2.77 bits per heavy atom. The molecule has 0 radical (unpaired) electrons. The molecule has 2 aromatic heterocycles. The predicted molar refractivity (Wildman–Crippen MR) is 122 cm³/mol. The van der Waals surface area contributed by atoms with Gasteiger partial charge in [-0.15, -0.1) is 0 Å². The van der Waals surface area contributed by atoms with Gasteiger partial charge in [0.2, 0.25) is 5.91 Å². The zero-order valence-electron chi connectivity index (χ0n) is 18.2. The molecular weight excluding hydrogens is 388 g/mol. The smallest absolute Gasteiger partial charge is 0.219 e. The molecule has 0 aliphatic carbocycles. The summed E-state index contributed by atoms with van der Waals surface area (Å²) in [5.41, 5.74) is 6.68. The number of hydrogen-bond acceptors (Lipinski definition) is 4. The van der Waals surface area contributed by atoms with Gasteiger partial charge in [-0.2, -0.15) is 5.10 Å². The lowest BCUT2D eigenvalue weighted by Gasteiger charge is -2.29. The molecule has 0 atom stereocenters. The van der Waals surface area contributed by atoms with Crippen LogP contribution in [0.3, 0.4) is 0 Å². The van der Waals surface area contributed by atoms with Gasteiger partial charge in [0.1, 0.15) is 0 Å². The molecule has 1 fully saturated rings. The summed E-state index contributed by atoms with van der Waals surface area (Å²) in [7, 11) is 0. The Bertz CT molecular complexity index is 1170. The van der Waals surface area contributed by atoms with Crippen molar-refractivity contribution in [3.05, 3.63) is 53.5 Å². The average molecular weight is 417 g/mol. The van der Waals surface area contributed by atoms with Crippen LogP contribution in [-0.2, 0) is 22.5 Å². The number of ether oxygens (including phenoxy) is 1. The molecule has 0 N–H and O–H groups in total. The van der Waals surface area contributed by atoms with Gasteiger partial charge in [-0.25, -0.2) is 0 Å². The summed E-state index contributed by atoms with van der Waals surface area (Å²) in [6.45, 7) is 10.6.